The van der Waals surface area contributed by atoms with E-state index in [9.17, 15) is 19.7 Å². The molecule has 0 aliphatic carbocycles. The molecule has 0 unspecified atom stereocenters. The number of amidine groups is 1. The van der Waals surface area contributed by atoms with Crippen LogP contribution in [0, 0.1) is 10.1 Å². The molecule has 2 aromatic rings. The summed E-state index contributed by atoms with van der Waals surface area (Å²) in [5.74, 6) is -0.712. The Morgan fingerprint density at radius 3 is 3.04 bits per heavy atom. The van der Waals surface area contributed by atoms with Crippen molar-refractivity contribution in [3.05, 3.63) is 55.9 Å². The van der Waals surface area contributed by atoms with Gasteiger partial charge in [0.2, 0.25) is 5.13 Å². The normalized spacial score (nSPS) is 16.4. The number of nitrogens with one attached hydrogen (secondary N) is 1. The number of nitrogens with zero attached hydrogens (tertiary/aromatic N) is 3. The number of nitro benzene ring substituents is 1. The van der Waals surface area contributed by atoms with E-state index in [1.807, 2.05) is 0 Å². The summed E-state index contributed by atoms with van der Waals surface area (Å²) in [5.41, 5.74) is 1.03. The van der Waals surface area contributed by atoms with Crippen LogP contribution >= 0.6 is 23.1 Å². The average molecular weight is 418 g/mol. The van der Waals surface area contributed by atoms with E-state index >= 15 is 0 Å². The zero-order valence-electron chi connectivity index (χ0n) is 14.6. The summed E-state index contributed by atoms with van der Waals surface area (Å²) in [6, 6.07) is 5.99. The highest BCUT2D eigenvalue weighted by Crippen LogP contribution is 2.29. The van der Waals surface area contributed by atoms with Crippen LogP contribution in [0.15, 0.2) is 39.5 Å². The van der Waals surface area contributed by atoms with E-state index < -0.39 is 4.92 Å². The smallest absolute Gasteiger partial charge is 0.311 e. The summed E-state index contributed by atoms with van der Waals surface area (Å²) < 4.78 is 4.88. The molecular weight excluding hydrogens is 404 g/mol. The van der Waals surface area contributed by atoms with Crippen molar-refractivity contribution in [3.63, 3.8) is 0 Å². The Bertz CT molecular complexity index is 999. The predicted octanol–water partition coefficient (Wildman–Crippen LogP) is 3.05. The van der Waals surface area contributed by atoms with Crippen molar-refractivity contribution in [1.29, 1.82) is 0 Å². The minimum absolute atomic E-state index is 0.0523. The number of thiazole rings is 1. The molecule has 0 saturated carbocycles. The first-order chi connectivity index (χ1) is 13.4. The first-order valence-electron chi connectivity index (χ1n) is 8.08. The van der Waals surface area contributed by atoms with Gasteiger partial charge in [-0.1, -0.05) is 12.1 Å². The van der Waals surface area contributed by atoms with Gasteiger partial charge in [0, 0.05) is 17.5 Å². The number of nitro groups is 1. The number of thioether (sulfide) groups is 1. The lowest BCUT2D eigenvalue weighted by Crippen LogP contribution is -2.19. The standard InChI is InChI=1S/C17H14N4O5S2/c1-2-26-14(22)8-11-9-27-16(18-11)20-17-19-15(23)13(28-17)7-10-4-3-5-12(6-10)21(24)25/h3-7,9H,2,8H2,1H3,(H,18,19,20,23)/b13-7-. The fraction of sp³-hybridized carbons (Fsp3) is 0.176. The van der Waals surface area contributed by atoms with Gasteiger partial charge in [-0.05, 0) is 30.3 Å². The van der Waals surface area contributed by atoms with Gasteiger partial charge in [0.15, 0.2) is 5.17 Å². The Labute approximate surface area is 167 Å². The summed E-state index contributed by atoms with van der Waals surface area (Å²) in [6.07, 6.45) is 1.62. The SMILES string of the molecule is CCOC(=O)Cc1csc(N=C2NC(=O)/C(=C/c3cccc([N+](=O)[O-])c3)S2)n1. The van der Waals surface area contributed by atoms with Crippen molar-refractivity contribution in [2.24, 2.45) is 4.99 Å². The Kier molecular flexibility index (Phi) is 6.16. The minimum atomic E-state index is -0.493. The molecule has 1 fully saturated rings. The van der Waals surface area contributed by atoms with Gasteiger partial charge in [0.25, 0.3) is 11.6 Å². The maximum Gasteiger partial charge on any atom is 0.311 e. The lowest BCUT2D eigenvalue weighted by molar-refractivity contribution is -0.384. The number of amides is 1. The van der Waals surface area contributed by atoms with E-state index in [1.165, 1.54) is 23.5 Å². The van der Waals surface area contributed by atoms with Crippen LogP contribution in [0.4, 0.5) is 10.8 Å². The fourth-order valence-electron chi connectivity index (χ4n) is 2.24. The average Bonchev–Trinajstić information content (AvgIpc) is 3.22. The zero-order valence-corrected chi connectivity index (χ0v) is 16.2. The molecule has 1 aliphatic rings. The number of ether oxygens (including phenoxy) is 1. The number of rotatable bonds is 6. The molecule has 1 aliphatic heterocycles. The van der Waals surface area contributed by atoms with Crippen molar-refractivity contribution in [2.45, 2.75) is 13.3 Å². The van der Waals surface area contributed by atoms with Gasteiger partial charge < -0.3 is 10.1 Å². The number of esters is 1. The number of aromatic nitrogens is 1. The second-order valence-corrected chi connectivity index (χ2v) is 7.30. The molecule has 0 atom stereocenters. The molecule has 11 heteroatoms. The second-order valence-electron chi connectivity index (χ2n) is 5.44. The molecule has 1 amide bonds. The highest BCUT2D eigenvalue weighted by Gasteiger charge is 2.24. The molecule has 1 saturated heterocycles. The van der Waals surface area contributed by atoms with Crippen LogP contribution in [-0.4, -0.2) is 33.6 Å². The summed E-state index contributed by atoms with van der Waals surface area (Å²) in [7, 11) is 0. The Morgan fingerprint density at radius 1 is 1.46 bits per heavy atom. The van der Waals surface area contributed by atoms with Crippen LogP contribution in [0.25, 0.3) is 6.08 Å². The van der Waals surface area contributed by atoms with Crippen LogP contribution in [0.3, 0.4) is 0 Å². The maximum absolute atomic E-state index is 12.1. The molecule has 1 aromatic carbocycles. The van der Waals surface area contributed by atoms with Gasteiger partial charge in [-0.2, -0.15) is 4.99 Å². The third-order valence-electron chi connectivity index (χ3n) is 3.40. The van der Waals surface area contributed by atoms with Crippen molar-refractivity contribution in [3.8, 4) is 0 Å². The Morgan fingerprint density at radius 2 is 2.29 bits per heavy atom. The highest BCUT2D eigenvalue weighted by atomic mass is 32.2. The van der Waals surface area contributed by atoms with Gasteiger partial charge in [-0.15, -0.1) is 11.3 Å². The van der Waals surface area contributed by atoms with Crippen LogP contribution in [0.2, 0.25) is 0 Å². The predicted molar refractivity (Wildman–Crippen MR) is 106 cm³/mol. The largest absolute Gasteiger partial charge is 0.466 e. The molecular formula is C17H14N4O5S2. The summed E-state index contributed by atoms with van der Waals surface area (Å²) in [5, 5.41) is 15.9. The number of carbonyl (C=O) groups excluding carboxylic acids is 2. The van der Waals surface area contributed by atoms with E-state index in [-0.39, 0.29) is 24.0 Å². The molecule has 0 radical (unpaired) electrons. The molecule has 2 heterocycles. The summed E-state index contributed by atoms with van der Waals surface area (Å²) >= 11 is 2.35. The van der Waals surface area contributed by atoms with E-state index in [4.69, 9.17) is 4.74 Å². The van der Waals surface area contributed by atoms with Crippen molar-refractivity contribution in [2.75, 3.05) is 6.61 Å². The molecule has 28 heavy (non-hydrogen) atoms. The first-order valence-corrected chi connectivity index (χ1v) is 9.78. The molecule has 9 nitrogen and oxygen atoms in total. The Hall–Kier alpha value is -3.05. The number of benzene rings is 1. The molecule has 0 spiro atoms. The van der Waals surface area contributed by atoms with Crippen LogP contribution in [0.1, 0.15) is 18.2 Å². The third kappa shape index (κ3) is 5.02. The topological polar surface area (TPSA) is 124 Å². The highest BCUT2D eigenvalue weighted by molar-refractivity contribution is 8.18. The zero-order chi connectivity index (χ0) is 20.1. The van der Waals surface area contributed by atoms with Crippen LogP contribution < -0.4 is 5.32 Å². The minimum Gasteiger partial charge on any atom is -0.466 e. The number of aliphatic imine (C=N–C) groups is 1. The number of hydrogen-bond donors (Lipinski definition) is 1. The van der Waals surface area contributed by atoms with E-state index in [0.29, 0.717) is 33.1 Å². The summed E-state index contributed by atoms with van der Waals surface area (Å²) in [4.78, 5) is 42.9. The van der Waals surface area contributed by atoms with Gasteiger partial charge in [0.05, 0.1) is 28.6 Å². The molecule has 0 bridgehead atoms. The van der Waals surface area contributed by atoms with Crippen LogP contribution in [0.5, 0.6) is 0 Å². The summed E-state index contributed by atoms with van der Waals surface area (Å²) in [6.45, 7) is 2.04. The second kappa shape index (κ2) is 8.76. The first kappa shape index (κ1) is 19.7. The van der Waals surface area contributed by atoms with E-state index in [0.717, 1.165) is 11.8 Å². The molecule has 1 N–H and O–H groups in total. The fourth-order valence-corrected chi connectivity index (χ4v) is 3.81. The van der Waals surface area contributed by atoms with E-state index in [1.54, 1.807) is 30.5 Å². The molecule has 1 aromatic heterocycles. The molecule has 3 rings (SSSR count). The lowest BCUT2D eigenvalue weighted by atomic mass is 10.2. The number of hydrogen-bond acceptors (Lipinski definition) is 9. The third-order valence-corrected chi connectivity index (χ3v) is 5.09. The van der Waals surface area contributed by atoms with Gasteiger partial charge >= 0.3 is 5.97 Å². The van der Waals surface area contributed by atoms with Crippen molar-refractivity contribution >= 4 is 57.0 Å². The van der Waals surface area contributed by atoms with Gasteiger partial charge in [-0.25, -0.2) is 4.98 Å². The van der Waals surface area contributed by atoms with Crippen LogP contribution in [-0.2, 0) is 20.7 Å². The van der Waals surface area contributed by atoms with Gasteiger partial charge in [-0.3, -0.25) is 19.7 Å². The lowest BCUT2D eigenvalue weighted by Gasteiger charge is -1.97. The Balaban J connectivity index is 1.72. The number of non-ortho nitro benzene ring substituents is 1. The van der Waals surface area contributed by atoms with Gasteiger partial charge in [0.1, 0.15) is 0 Å². The number of carbonyl (C=O) groups is 2. The van der Waals surface area contributed by atoms with E-state index in [2.05, 4.69) is 15.3 Å². The monoisotopic (exact) mass is 418 g/mol. The van der Waals surface area contributed by atoms with Crippen molar-refractivity contribution in [1.82, 2.24) is 10.3 Å². The maximum atomic E-state index is 12.1. The quantitative estimate of drug-likeness (QED) is 0.331. The van der Waals surface area contributed by atoms with Crippen molar-refractivity contribution < 1.29 is 19.2 Å². The molecule has 144 valence electrons.